The van der Waals surface area contributed by atoms with Crippen molar-refractivity contribution in [3.63, 3.8) is 0 Å². The van der Waals surface area contributed by atoms with E-state index in [9.17, 15) is 28.1 Å². The number of nitrogens with zero attached hydrogens (tertiary/aromatic N) is 1. The first-order valence-electron chi connectivity index (χ1n) is 6.96. The van der Waals surface area contributed by atoms with Gasteiger partial charge in [-0.05, 0) is 12.1 Å². The van der Waals surface area contributed by atoms with Crippen molar-refractivity contribution in [3.05, 3.63) is 44.8 Å². The van der Waals surface area contributed by atoms with Crippen molar-refractivity contribution >= 4 is 44.7 Å². The molecule has 9 nitrogen and oxygen atoms in total. The molecule has 1 aliphatic heterocycles. The van der Waals surface area contributed by atoms with Crippen LogP contribution in [0.1, 0.15) is 6.42 Å². The SMILES string of the molecule is O=C(COC(=O)CC1C=CS(=O)(=O)C1)Nc1ccc(Cl)cc1[N+](=O)[O-]. The lowest BCUT2D eigenvalue weighted by Crippen LogP contribution is -2.22. The van der Waals surface area contributed by atoms with E-state index in [0.29, 0.717) is 0 Å². The average molecular weight is 389 g/mol. The Morgan fingerprint density at radius 1 is 1.40 bits per heavy atom. The van der Waals surface area contributed by atoms with Crippen molar-refractivity contribution in [2.24, 2.45) is 5.92 Å². The molecule has 1 aromatic carbocycles. The molecule has 25 heavy (non-hydrogen) atoms. The third-order valence-corrected chi connectivity index (χ3v) is 4.93. The van der Waals surface area contributed by atoms with Crippen LogP contribution in [0.15, 0.2) is 29.7 Å². The van der Waals surface area contributed by atoms with E-state index >= 15 is 0 Å². The van der Waals surface area contributed by atoms with Gasteiger partial charge in [-0.2, -0.15) is 0 Å². The quantitative estimate of drug-likeness (QED) is 0.445. The molecule has 1 N–H and O–H groups in total. The van der Waals surface area contributed by atoms with Crippen LogP contribution in [0, 0.1) is 16.0 Å². The topological polar surface area (TPSA) is 133 Å². The molecular formula is C14H13ClN2O7S. The van der Waals surface area contributed by atoms with Crippen LogP contribution in [0.5, 0.6) is 0 Å². The number of anilines is 1. The molecule has 0 radical (unpaired) electrons. The van der Waals surface area contributed by atoms with E-state index < -0.39 is 44.8 Å². The smallest absolute Gasteiger partial charge is 0.306 e. The fourth-order valence-corrected chi connectivity index (χ4v) is 3.70. The molecule has 1 heterocycles. The Balaban J connectivity index is 1.86. The third-order valence-electron chi connectivity index (χ3n) is 3.23. The largest absolute Gasteiger partial charge is 0.456 e. The van der Waals surface area contributed by atoms with Gasteiger partial charge in [0, 0.05) is 22.4 Å². The van der Waals surface area contributed by atoms with Gasteiger partial charge in [0.1, 0.15) is 5.69 Å². The maximum atomic E-state index is 11.8. The average Bonchev–Trinajstić information content (AvgIpc) is 2.85. The standard InChI is InChI=1S/C14H13ClN2O7S/c15-10-1-2-11(12(6-10)17(20)21)16-13(18)7-24-14(19)5-9-3-4-25(22,23)8-9/h1-4,6,9H,5,7-8H2,(H,16,18). The Morgan fingerprint density at radius 2 is 2.12 bits per heavy atom. The van der Waals surface area contributed by atoms with Crippen LogP contribution in [0.25, 0.3) is 0 Å². The number of nitro groups is 1. The fourth-order valence-electron chi connectivity index (χ4n) is 2.13. The number of amides is 1. The molecule has 0 aromatic heterocycles. The van der Waals surface area contributed by atoms with Crippen molar-refractivity contribution in [2.75, 3.05) is 17.7 Å². The number of nitro benzene ring substituents is 1. The van der Waals surface area contributed by atoms with Gasteiger partial charge < -0.3 is 10.1 Å². The van der Waals surface area contributed by atoms with E-state index in [1.54, 1.807) is 0 Å². The zero-order chi connectivity index (χ0) is 18.6. The van der Waals surface area contributed by atoms with E-state index in [1.165, 1.54) is 18.2 Å². The van der Waals surface area contributed by atoms with Crippen LogP contribution in [0.2, 0.25) is 5.02 Å². The summed E-state index contributed by atoms with van der Waals surface area (Å²) in [6.45, 7) is -0.651. The number of benzene rings is 1. The highest BCUT2D eigenvalue weighted by Gasteiger charge is 2.25. The predicted molar refractivity (Wildman–Crippen MR) is 88.7 cm³/mol. The lowest BCUT2D eigenvalue weighted by Gasteiger charge is -2.09. The summed E-state index contributed by atoms with van der Waals surface area (Å²) in [6, 6.07) is 3.70. The third kappa shape index (κ3) is 5.54. The Bertz CT molecular complexity index is 851. The van der Waals surface area contributed by atoms with Crippen LogP contribution < -0.4 is 5.32 Å². The second kappa shape index (κ2) is 7.62. The van der Waals surface area contributed by atoms with Crippen LogP contribution in [-0.4, -0.2) is 37.6 Å². The van der Waals surface area contributed by atoms with E-state index in [2.05, 4.69) is 5.32 Å². The first-order valence-corrected chi connectivity index (χ1v) is 9.06. The number of nitrogens with one attached hydrogen (secondary N) is 1. The number of rotatable bonds is 6. The summed E-state index contributed by atoms with van der Waals surface area (Å²) in [4.78, 5) is 33.6. The molecule has 1 aromatic rings. The number of carbonyl (C=O) groups excluding carboxylic acids is 2. The molecule has 1 atom stereocenters. The predicted octanol–water partition coefficient (Wildman–Crippen LogP) is 1.68. The molecular weight excluding hydrogens is 376 g/mol. The number of allylic oxidation sites excluding steroid dienone is 1. The number of hydrogen-bond donors (Lipinski definition) is 1. The minimum absolute atomic E-state index is 0.0831. The van der Waals surface area contributed by atoms with Crippen LogP contribution in [0.3, 0.4) is 0 Å². The van der Waals surface area contributed by atoms with Gasteiger partial charge in [-0.15, -0.1) is 0 Å². The highest BCUT2D eigenvalue weighted by Crippen LogP contribution is 2.27. The van der Waals surface area contributed by atoms with Crippen LogP contribution in [0.4, 0.5) is 11.4 Å². The van der Waals surface area contributed by atoms with Crippen LogP contribution >= 0.6 is 11.6 Å². The Labute approximate surface area is 147 Å². The van der Waals surface area contributed by atoms with Gasteiger partial charge in [0.15, 0.2) is 16.4 Å². The zero-order valence-corrected chi connectivity index (χ0v) is 14.2. The molecule has 0 fully saturated rings. The second-order valence-electron chi connectivity index (χ2n) is 5.25. The molecule has 0 aliphatic carbocycles. The number of ether oxygens (including phenoxy) is 1. The molecule has 134 valence electrons. The molecule has 11 heteroatoms. The molecule has 0 bridgehead atoms. The van der Waals surface area contributed by atoms with Gasteiger partial charge in [0.2, 0.25) is 0 Å². The van der Waals surface area contributed by atoms with Gasteiger partial charge in [-0.3, -0.25) is 19.7 Å². The van der Waals surface area contributed by atoms with Gasteiger partial charge in [0.25, 0.3) is 11.6 Å². The molecule has 0 saturated heterocycles. The molecule has 1 unspecified atom stereocenters. The van der Waals surface area contributed by atoms with Crippen LogP contribution in [-0.2, 0) is 24.2 Å². The summed E-state index contributed by atoms with van der Waals surface area (Å²) in [5.41, 5.74) is -0.478. The molecule has 0 saturated carbocycles. The van der Waals surface area contributed by atoms with E-state index in [4.69, 9.17) is 16.3 Å². The maximum absolute atomic E-state index is 11.8. The normalized spacial score (nSPS) is 17.9. The number of esters is 1. The van der Waals surface area contributed by atoms with E-state index in [-0.39, 0.29) is 22.9 Å². The number of halogens is 1. The van der Waals surface area contributed by atoms with Crippen molar-refractivity contribution < 1.29 is 27.7 Å². The van der Waals surface area contributed by atoms with Gasteiger partial charge in [-0.1, -0.05) is 17.7 Å². The summed E-state index contributed by atoms with van der Waals surface area (Å²) in [5, 5.41) is 14.4. The lowest BCUT2D eigenvalue weighted by molar-refractivity contribution is -0.383. The molecule has 0 spiro atoms. The summed E-state index contributed by atoms with van der Waals surface area (Å²) >= 11 is 5.67. The first-order chi connectivity index (χ1) is 11.7. The van der Waals surface area contributed by atoms with Gasteiger partial charge in [-0.25, -0.2) is 8.42 Å². The molecule has 1 amide bonds. The fraction of sp³-hybridized carbons (Fsp3) is 0.286. The molecule has 2 rings (SSSR count). The highest BCUT2D eigenvalue weighted by atomic mass is 35.5. The number of hydrogen-bond acceptors (Lipinski definition) is 7. The lowest BCUT2D eigenvalue weighted by atomic mass is 10.1. The van der Waals surface area contributed by atoms with Gasteiger partial charge >= 0.3 is 5.97 Å². The Kier molecular flexibility index (Phi) is 5.75. The van der Waals surface area contributed by atoms with Crippen molar-refractivity contribution in [1.29, 1.82) is 0 Å². The molecule has 1 aliphatic rings. The zero-order valence-electron chi connectivity index (χ0n) is 12.7. The van der Waals surface area contributed by atoms with Crippen molar-refractivity contribution in [1.82, 2.24) is 0 Å². The monoisotopic (exact) mass is 388 g/mol. The Hall–Kier alpha value is -2.46. The minimum atomic E-state index is -3.27. The van der Waals surface area contributed by atoms with E-state index in [1.807, 2.05) is 0 Å². The summed E-state index contributed by atoms with van der Waals surface area (Å²) in [7, 11) is -3.27. The summed E-state index contributed by atoms with van der Waals surface area (Å²) in [5.74, 6) is -2.18. The Morgan fingerprint density at radius 3 is 2.72 bits per heavy atom. The highest BCUT2D eigenvalue weighted by molar-refractivity contribution is 7.94. The van der Waals surface area contributed by atoms with E-state index in [0.717, 1.165) is 11.5 Å². The maximum Gasteiger partial charge on any atom is 0.306 e. The first kappa shape index (κ1) is 18.9. The second-order valence-corrected chi connectivity index (χ2v) is 7.62. The number of carbonyl (C=O) groups is 2. The minimum Gasteiger partial charge on any atom is -0.456 e. The van der Waals surface area contributed by atoms with Crippen molar-refractivity contribution in [3.8, 4) is 0 Å². The summed E-state index contributed by atoms with van der Waals surface area (Å²) in [6.07, 6.45) is 1.22. The van der Waals surface area contributed by atoms with Crippen molar-refractivity contribution in [2.45, 2.75) is 6.42 Å². The van der Waals surface area contributed by atoms with Gasteiger partial charge in [0.05, 0.1) is 17.1 Å². The summed E-state index contributed by atoms with van der Waals surface area (Å²) < 4.78 is 27.2. The number of sulfone groups is 1.